The van der Waals surface area contributed by atoms with Crippen molar-refractivity contribution in [3.63, 3.8) is 0 Å². The Morgan fingerprint density at radius 1 is 1.44 bits per heavy atom. The van der Waals surface area contributed by atoms with E-state index in [1.807, 2.05) is 13.8 Å². The Labute approximate surface area is 101 Å². The van der Waals surface area contributed by atoms with Crippen LogP contribution in [0.5, 0.6) is 0 Å². The number of benzene rings is 1. The number of hydrogen-bond donors (Lipinski definition) is 2. The molecule has 0 aromatic heterocycles. The molecule has 0 aliphatic carbocycles. The lowest BCUT2D eigenvalue weighted by molar-refractivity contribution is 0.587. The molecule has 0 aliphatic rings. The maximum absolute atomic E-state index is 11.6. The van der Waals surface area contributed by atoms with Crippen LogP contribution in [-0.4, -0.2) is 14.2 Å². The van der Waals surface area contributed by atoms with E-state index in [9.17, 15) is 8.42 Å². The summed E-state index contributed by atoms with van der Waals surface area (Å²) in [4.78, 5) is 0. The van der Waals surface area contributed by atoms with Gasteiger partial charge in [-0.15, -0.1) is 0 Å². The quantitative estimate of drug-likeness (QED) is 0.818. The number of nitrogens with one attached hydrogen (secondary N) is 1. The highest BCUT2D eigenvalue weighted by Gasteiger charge is 2.14. The highest BCUT2D eigenvalue weighted by Crippen LogP contribution is 2.25. The van der Waals surface area contributed by atoms with Gasteiger partial charge in [0.05, 0.1) is 16.5 Å². The fourth-order valence-corrected chi connectivity index (χ4v) is 3.03. The van der Waals surface area contributed by atoms with Crippen molar-refractivity contribution in [2.45, 2.75) is 13.8 Å². The van der Waals surface area contributed by atoms with Gasteiger partial charge in [-0.1, -0.05) is 25.4 Å². The summed E-state index contributed by atoms with van der Waals surface area (Å²) in [6, 6.07) is 4.66. The summed E-state index contributed by atoms with van der Waals surface area (Å²) < 4.78 is 25.7. The van der Waals surface area contributed by atoms with E-state index in [2.05, 4.69) is 4.72 Å². The Morgan fingerprint density at radius 3 is 2.56 bits per heavy atom. The van der Waals surface area contributed by atoms with Gasteiger partial charge in [-0.3, -0.25) is 4.72 Å². The molecule has 1 rings (SSSR count). The molecule has 90 valence electrons. The maximum atomic E-state index is 11.6. The van der Waals surface area contributed by atoms with Crippen LogP contribution in [0.4, 0.5) is 11.4 Å². The molecule has 0 saturated heterocycles. The largest absolute Gasteiger partial charge is 0.399 e. The fraction of sp³-hybridized carbons (Fsp3) is 0.400. The van der Waals surface area contributed by atoms with Gasteiger partial charge >= 0.3 is 0 Å². The van der Waals surface area contributed by atoms with Crippen molar-refractivity contribution in [1.29, 1.82) is 0 Å². The molecule has 0 fully saturated rings. The number of nitrogens with two attached hydrogens (primary N) is 1. The first kappa shape index (κ1) is 13.1. The zero-order valence-electron chi connectivity index (χ0n) is 9.20. The van der Waals surface area contributed by atoms with Crippen LogP contribution in [0.2, 0.25) is 5.02 Å². The first-order valence-electron chi connectivity index (χ1n) is 4.85. The lowest BCUT2D eigenvalue weighted by Gasteiger charge is -2.11. The number of rotatable bonds is 4. The zero-order chi connectivity index (χ0) is 12.3. The van der Waals surface area contributed by atoms with Crippen molar-refractivity contribution in [2.24, 2.45) is 5.92 Å². The minimum absolute atomic E-state index is 0.0602. The molecule has 0 amide bonds. The second kappa shape index (κ2) is 4.93. The first-order chi connectivity index (χ1) is 7.30. The van der Waals surface area contributed by atoms with Crippen LogP contribution in [-0.2, 0) is 10.0 Å². The SMILES string of the molecule is CC(C)CS(=O)(=O)Nc1ccc(N)cc1Cl. The molecule has 1 aromatic rings. The molecule has 0 bridgehead atoms. The number of nitrogen functional groups attached to an aromatic ring is 1. The molecule has 0 unspecified atom stereocenters. The van der Waals surface area contributed by atoms with Crippen molar-refractivity contribution in [1.82, 2.24) is 0 Å². The average molecular weight is 263 g/mol. The highest BCUT2D eigenvalue weighted by atomic mass is 35.5. The molecule has 6 heteroatoms. The molecule has 3 N–H and O–H groups in total. The van der Waals surface area contributed by atoms with Gasteiger partial charge in [0, 0.05) is 5.69 Å². The van der Waals surface area contributed by atoms with E-state index in [0.29, 0.717) is 16.4 Å². The van der Waals surface area contributed by atoms with Gasteiger partial charge in [-0.2, -0.15) is 0 Å². The molecule has 0 spiro atoms. The zero-order valence-corrected chi connectivity index (χ0v) is 10.8. The van der Waals surface area contributed by atoms with E-state index in [1.54, 1.807) is 12.1 Å². The molecule has 1 aromatic carbocycles. The normalized spacial score (nSPS) is 11.8. The Morgan fingerprint density at radius 2 is 2.06 bits per heavy atom. The number of sulfonamides is 1. The van der Waals surface area contributed by atoms with Crippen molar-refractivity contribution in [3.8, 4) is 0 Å². The standard InChI is InChI=1S/C10H15ClN2O2S/c1-7(2)6-16(14,15)13-10-4-3-8(12)5-9(10)11/h3-5,7,13H,6,12H2,1-2H3. The lowest BCUT2D eigenvalue weighted by Crippen LogP contribution is -2.20. The van der Waals surface area contributed by atoms with Gasteiger partial charge in [0.1, 0.15) is 0 Å². The number of anilines is 2. The van der Waals surface area contributed by atoms with Crippen LogP contribution >= 0.6 is 11.6 Å². The summed E-state index contributed by atoms with van der Waals surface area (Å²) in [6.07, 6.45) is 0. The van der Waals surface area contributed by atoms with Crippen LogP contribution in [0.1, 0.15) is 13.8 Å². The van der Waals surface area contributed by atoms with E-state index < -0.39 is 10.0 Å². The molecule has 0 atom stereocenters. The maximum Gasteiger partial charge on any atom is 0.233 e. The molecule has 16 heavy (non-hydrogen) atoms. The Hall–Kier alpha value is -0.940. The molecule has 0 aliphatic heterocycles. The van der Waals surface area contributed by atoms with E-state index >= 15 is 0 Å². The molecule has 0 radical (unpaired) electrons. The predicted molar refractivity (Wildman–Crippen MR) is 68.1 cm³/mol. The smallest absolute Gasteiger partial charge is 0.233 e. The summed E-state index contributed by atoms with van der Waals surface area (Å²) in [5.74, 6) is 0.123. The minimum atomic E-state index is -3.34. The summed E-state index contributed by atoms with van der Waals surface area (Å²) in [5, 5.41) is 0.298. The Bertz CT molecular complexity index is 472. The third-order valence-electron chi connectivity index (χ3n) is 1.81. The summed E-state index contributed by atoms with van der Waals surface area (Å²) in [5.41, 5.74) is 6.37. The van der Waals surface area contributed by atoms with E-state index in [0.717, 1.165) is 0 Å². The lowest BCUT2D eigenvalue weighted by atomic mass is 10.3. The Kier molecular flexibility index (Phi) is 4.04. The third kappa shape index (κ3) is 3.90. The van der Waals surface area contributed by atoms with Gasteiger partial charge in [0.25, 0.3) is 0 Å². The summed E-state index contributed by atoms with van der Waals surface area (Å²) in [6.45, 7) is 3.67. The van der Waals surface area contributed by atoms with E-state index in [4.69, 9.17) is 17.3 Å². The second-order valence-corrected chi connectivity index (χ2v) is 6.19. The summed E-state index contributed by atoms with van der Waals surface area (Å²) in [7, 11) is -3.34. The van der Waals surface area contributed by atoms with Crippen LogP contribution in [0, 0.1) is 5.92 Å². The van der Waals surface area contributed by atoms with E-state index in [1.165, 1.54) is 6.07 Å². The van der Waals surface area contributed by atoms with Crippen LogP contribution in [0.15, 0.2) is 18.2 Å². The van der Waals surface area contributed by atoms with Gasteiger partial charge in [0.15, 0.2) is 0 Å². The van der Waals surface area contributed by atoms with Gasteiger partial charge in [-0.25, -0.2) is 8.42 Å². The molecule has 0 heterocycles. The first-order valence-corrected chi connectivity index (χ1v) is 6.89. The average Bonchev–Trinajstić information content (AvgIpc) is 2.07. The van der Waals surface area contributed by atoms with Crippen molar-refractivity contribution in [3.05, 3.63) is 23.2 Å². The monoisotopic (exact) mass is 262 g/mol. The fourth-order valence-electron chi connectivity index (χ4n) is 1.26. The predicted octanol–water partition coefficient (Wildman–Crippen LogP) is 2.32. The van der Waals surface area contributed by atoms with Crippen molar-refractivity contribution in [2.75, 3.05) is 16.2 Å². The van der Waals surface area contributed by atoms with Crippen molar-refractivity contribution >= 4 is 33.0 Å². The molecule has 4 nitrogen and oxygen atoms in total. The van der Waals surface area contributed by atoms with Gasteiger partial charge in [0.2, 0.25) is 10.0 Å². The highest BCUT2D eigenvalue weighted by molar-refractivity contribution is 7.92. The van der Waals surface area contributed by atoms with Gasteiger partial charge < -0.3 is 5.73 Å². The molecular weight excluding hydrogens is 248 g/mol. The van der Waals surface area contributed by atoms with Crippen LogP contribution in [0.25, 0.3) is 0 Å². The Balaban J connectivity index is 2.88. The van der Waals surface area contributed by atoms with E-state index in [-0.39, 0.29) is 11.7 Å². The van der Waals surface area contributed by atoms with Gasteiger partial charge in [-0.05, 0) is 24.1 Å². The number of halogens is 1. The third-order valence-corrected chi connectivity index (χ3v) is 3.76. The molecular formula is C10H15ClN2O2S. The number of hydrogen-bond acceptors (Lipinski definition) is 3. The van der Waals surface area contributed by atoms with Crippen LogP contribution in [0.3, 0.4) is 0 Å². The van der Waals surface area contributed by atoms with Crippen molar-refractivity contribution < 1.29 is 8.42 Å². The summed E-state index contributed by atoms with van der Waals surface area (Å²) >= 11 is 5.87. The molecule has 0 saturated carbocycles. The topological polar surface area (TPSA) is 72.2 Å². The second-order valence-electron chi connectivity index (χ2n) is 4.02. The van der Waals surface area contributed by atoms with Crippen LogP contribution < -0.4 is 10.5 Å². The minimum Gasteiger partial charge on any atom is -0.399 e.